The summed E-state index contributed by atoms with van der Waals surface area (Å²) in [4.78, 5) is 1.31. The van der Waals surface area contributed by atoms with Crippen molar-refractivity contribution in [2.24, 2.45) is 5.92 Å². The van der Waals surface area contributed by atoms with Crippen molar-refractivity contribution in [3.63, 3.8) is 0 Å². The highest BCUT2D eigenvalue weighted by Crippen LogP contribution is 2.24. The van der Waals surface area contributed by atoms with Gasteiger partial charge in [-0.2, -0.15) is 0 Å². The molecule has 0 aliphatic rings. The maximum Gasteiger partial charge on any atom is 0.183 e. The van der Waals surface area contributed by atoms with E-state index in [0.29, 0.717) is 0 Å². The highest BCUT2D eigenvalue weighted by Gasteiger charge is 2.07. The zero-order valence-corrected chi connectivity index (χ0v) is 11.9. The summed E-state index contributed by atoms with van der Waals surface area (Å²) in [5.41, 5.74) is 1.06. The topological polar surface area (TPSA) is 18.5 Å². The Balaban J connectivity index is 2.49. The van der Waals surface area contributed by atoms with Crippen molar-refractivity contribution in [3.05, 3.63) is 29.8 Å². The molecule has 1 rings (SSSR count). The fourth-order valence-electron chi connectivity index (χ4n) is 1.50. The molecule has 0 saturated carbocycles. The van der Waals surface area contributed by atoms with Gasteiger partial charge in [-0.3, -0.25) is 0 Å². The van der Waals surface area contributed by atoms with E-state index in [1.165, 1.54) is 17.1 Å². The molecule has 0 amide bonds. The third kappa shape index (κ3) is 5.11. The monoisotopic (exact) mass is 254 g/mol. The fraction of sp³-hybridized carbons (Fsp3) is 0.571. The molecule has 0 saturated heterocycles. The molecule has 0 bridgehead atoms. The molecule has 0 N–H and O–H groups in total. The second-order valence-corrected chi connectivity index (χ2v) is 5.57. The summed E-state index contributed by atoms with van der Waals surface area (Å²) < 4.78 is 10.4. The van der Waals surface area contributed by atoms with Gasteiger partial charge in [0, 0.05) is 24.7 Å². The van der Waals surface area contributed by atoms with Gasteiger partial charge in [-0.25, -0.2) is 0 Å². The third-order valence-electron chi connectivity index (χ3n) is 2.54. The Kier molecular flexibility index (Phi) is 6.63. The van der Waals surface area contributed by atoms with Crippen LogP contribution < -0.4 is 0 Å². The lowest BCUT2D eigenvalue weighted by atomic mass is 10.2. The summed E-state index contributed by atoms with van der Waals surface area (Å²) in [5, 5.41) is 0. The van der Waals surface area contributed by atoms with Crippen molar-refractivity contribution in [3.8, 4) is 0 Å². The first-order valence-corrected chi connectivity index (χ1v) is 6.94. The minimum atomic E-state index is -0.260. The second kappa shape index (κ2) is 7.75. The Morgan fingerprint density at radius 3 is 2.12 bits per heavy atom. The zero-order valence-electron chi connectivity index (χ0n) is 11.1. The molecule has 1 aromatic carbocycles. The normalized spacial score (nSPS) is 11.4. The molecule has 0 aliphatic carbocycles. The van der Waals surface area contributed by atoms with E-state index in [-0.39, 0.29) is 6.29 Å². The van der Waals surface area contributed by atoms with Crippen molar-refractivity contribution >= 4 is 11.8 Å². The number of ether oxygens (including phenoxy) is 2. The molecule has 2 nitrogen and oxygen atoms in total. The van der Waals surface area contributed by atoms with Crippen molar-refractivity contribution in [1.82, 2.24) is 0 Å². The predicted molar refractivity (Wildman–Crippen MR) is 73.4 cm³/mol. The van der Waals surface area contributed by atoms with Crippen molar-refractivity contribution in [2.75, 3.05) is 20.0 Å². The molecule has 0 aliphatic heterocycles. The molecule has 0 aromatic heterocycles. The van der Waals surface area contributed by atoms with E-state index in [2.05, 4.69) is 38.1 Å². The molecular formula is C14H22O2S. The predicted octanol–water partition coefficient (Wildman–Crippen LogP) is 4.12. The lowest BCUT2D eigenvalue weighted by Crippen LogP contribution is -2.03. The SMILES string of the molecule is COC(OC)c1ccc(SCCC(C)C)cc1. The summed E-state index contributed by atoms with van der Waals surface area (Å²) >= 11 is 1.90. The Morgan fingerprint density at radius 2 is 1.65 bits per heavy atom. The van der Waals surface area contributed by atoms with E-state index in [1.807, 2.05) is 11.8 Å². The van der Waals surface area contributed by atoms with Gasteiger partial charge in [0.15, 0.2) is 6.29 Å². The van der Waals surface area contributed by atoms with Crippen LogP contribution in [0.25, 0.3) is 0 Å². The van der Waals surface area contributed by atoms with Crippen LogP contribution in [-0.2, 0) is 9.47 Å². The van der Waals surface area contributed by atoms with Crippen LogP contribution in [0.3, 0.4) is 0 Å². The molecule has 0 atom stereocenters. The van der Waals surface area contributed by atoms with Gasteiger partial charge in [-0.15, -0.1) is 11.8 Å². The lowest BCUT2D eigenvalue weighted by molar-refractivity contribution is -0.106. The summed E-state index contributed by atoms with van der Waals surface area (Å²) in [5.74, 6) is 1.95. The maximum absolute atomic E-state index is 5.21. The number of benzene rings is 1. The van der Waals surface area contributed by atoms with Gasteiger partial charge in [-0.1, -0.05) is 26.0 Å². The average molecular weight is 254 g/mol. The fourth-order valence-corrected chi connectivity index (χ4v) is 2.66. The van der Waals surface area contributed by atoms with Crippen LogP contribution >= 0.6 is 11.8 Å². The molecular weight excluding hydrogens is 232 g/mol. The van der Waals surface area contributed by atoms with Gasteiger partial charge in [0.25, 0.3) is 0 Å². The summed E-state index contributed by atoms with van der Waals surface area (Å²) in [6, 6.07) is 8.39. The third-order valence-corrected chi connectivity index (χ3v) is 3.59. The first kappa shape index (κ1) is 14.6. The first-order valence-electron chi connectivity index (χ1n) is 5.95. The molecule has 1 aromatic rings. The molecule has 0 unspecified atom stereocenters. The number of thioether (sulfide) groups is 1. The Hall–Kier alpha value is -0.510. The Labute approximate surface area is 109 Å². The zero-order chi connectivity index (χ0) is 12.7. The van der Waals surface area contributed by atoms with E-state index in [4.69, 9.17) is 9.47 Å². The molecule has 3 heteroatoms. The van der Waals surface area contributed by atoms with Crippen LogP contribution in [0.4, 0.5) is 0 Å². The Morgan fingerprint density at radius 1 is 1.06 bits per heavy atom. The summed E-state index contributed by atoms with van der Waals surface area (Å²) in [6.45, 7) is 4.51. The van der Waals surface area contributed by atoms with Crippen LogP contribution in [0, 0.1) is 5.92 Å². The van der Waals surface area contributed by atoms with Gasteiger partial charge in [-0.05, 0) is 30.2 Å². The van der Waals surface area contributed by atoms with Crippen LogP contribution in [0.1, 0.15) is 32.1 Å². The van der Waals surface area contributed by atoms with Crippen LogP contribution in [0.15, 0.2) is 29.2 Å². The molecule has 0 heterocycles. The van der Waals surface area contributed by atoms with Crippen LogP contribution in [0.2, 0.25) is 0 Å². The van der Waals surface area contributed by atoms with Crippen molar-refractivity contribution in [2.45, 2.75) is 31.5 Å². The second-order valence-electron chi connectivity index (χ2n) is 4.40. The lowest BCUT2D eigenvalue weighted by Gasteiger charge is -2.13. The molecule has 0 radical (unpaired) electrons. The van der Waals surface area contributed by atoms with Gasteiger partial charge >= 0.3 is 0 Å². The van der Waals surface area contributed by atoms with Crippen molar-refractivity contribution < 1.29 is 9.47 Å². The number of methoxy groups -OCH3 is 2. The first-order chi connectivity index (χ1) is 8.17. The minimum absolute atomic E-state index is 0.260. The Bertz CT molecular complexity index is 305. The number of hydrogen-bond acceptors (Lipinski definition) is 3. The molecule has 96 valence electrons. The number of hydrogen-bond donors (Lipinski definition) is 0. The summed E-state index contributed by atoms with van der Waals surface area (Å²) in [7, 11) is 3.30. The van der Waals surface area contributed by atoms with Crippen molar-refractivity contribution in [1.29, 1.82) is 0 Å². The smallest absolute Gasteiger partial charge is 0.183 e. The van der Waals surface area contributed by atoms with E-state index >= 15 is 0 Å². The highest BCUT2D eigenvalue weighted by molar-refractivity contribution is 7.99. The largest absolute Gasteiger partial charge is 0.352 e. The van der Waals surface area contributed by atoms with Gasteiger partial charge in [0.1, 0.15) is 0 Å². The highest BCUT2D eigenvalue weighted by atomic mass is 32.2. The van der Waals surface area contributed by atoms with Crippen LogP contribution in [0.5, 0.6) is 0 Å². The summed E-state index contributed by atoms with van der Waals surface area (Å²) in [6.07, 6.45) is 0.996. The quantitative estimate of drug-likeness (QED) is 0.539. The van der Waals surface area contributed by atoms with Gasteiger partial charge in [0.05, 0.1) is 0 Å². The average Bonchev–Trinajstić information content (AvgIpc) is 2.32. The van der Waals surface area contributed by atoms with E-state index in [1.54, 1.807) is 14.2 Å². The molecule has 0 spiro atoms. The van der Waals surface area contributed by atoms with Gasteiger partial charge in [0.2, 0.25) is 0 Å². The van der Waals surface area contributed by atoms with Gasteiger partial charge < -0.3 is 9.47 Å². The minimum Gasteiger partial charge on any atom is -0.352 e. The van der Waals surface area contributed by atoms with E-state index in [9.17, 15) is 0 Å². The van der Waals surface area contributed by atoms with E-state index in [0.717, 1.165) is 11.5 Å². The molecule has 0 fully saturated rings. The number of rotatable bonds is 7. The van der Waals surface area contributed by atoms with E-state index < -0.39 is 0 Å². The standard InChI is InChI=1S/C14H22O2S/c1-11(2)9-10-17-13-7-5-12(6-8-13)14(15-3)16-4/h5-8,11,14H,9-10H2,1-4H3. The molecule has 17 heavy (non-hydrogen) atoms. The maximum atomic E-state index is 5.21. The van der Waals surface area contributed by atoms with Crippen LogP contribution in [-0.4, -0.2) is 20.0 Å².